The van der Waals surface area contributed by atoms with E-state index in [1.54, 1.807) is 0 Å². The molecule has 0 saturated heterocycles. The van der Waals surface area contributed by atoms with Crippen molar-refractivity contribution < 1.29 is 22.5 Å². The average molecular weight is 265 g/mol. The summed E-state index contributed by atoms with van der Waals surface area (Å²) in [6.07, 6.45) is -0.758. The maximum absolute atomic E-state index is 10.9. The van der Waals surface area contributed by atoms with Gasteiger partial charge in [-0.25, -0.2) is 4.79 Å². The van der Waals surface area contributed by atoms with Crippen molar-refractivity contribution in [1.29, 1.82) is 0 Å². The molecule has 0 aromatic heterocycles. The molecule has 0 spiro atoms. The lowest BCUT2D eigenvalue weighted by Gasteiger charge is -2.11. The van der Waals surface area contributed by atoms with Gasteiger partial charge in [-0.3, -0.25) is 4.18 Å². The summed E-state index contributed by atoms with van der Waals surface area (Å²) in [6, 6.07) is 5.70. The van der Waals surface area contributed by atoms with Crippen LogP contribution in [0.2, 0.25) is 5.02 Å². The Hall–Kier alpha value is -1.11. The van der Waals surface area contributed by atoms with E-state index in [1.807, 2.05) is 0 Å². The summed E-state index contributed by atoms with van der Waals surface area (Å²) >= 11 is 5.62. The van der Waals surface area contributed by atoms with Crippen LogP contribution in [0.1, 0.15) is 11.7 Å². The molecule has 0 fully saturated rings. The highest BCUT2D eigenvalue weighted by Gasteiger charge is 2.25. The third-order valence-electron chi connectivity index (χ3n) is 1.67. The van der Waals surface area contributed by atoms with E-state index < -0.39 is 22.2 Å². The van der Waals surface area contributed by atoms with Crippen molar-refractivity contribution in [2.75, 3.05) is 6.26 Å². The maximum Gasteiger partial charge on any atom is 0.339 e. The van der Waals surface area contributed by atoms with E-state index in [9.17, 15) is 13.2 Å². The monoisotopic (exact) mass is 264 g/mol. The molecule has 0 heterocycles. The maximum atomic E-state index is 10.9. The molecule has 7 heteroatoms. The summed E-state index contributed by atoms with van der Waals surface area (Å²) in [7, 11) is -3.84. The first-order valence-electron chi connectivity index (χ1n) is 4.16. The molecule has 88 valence electrons. The standard InChI is InChI=1S/C9H9ClO5S/c1-16(13,14)15-8(9(11)12)6-2-4-7(10)5-3-6/h2-5,8H,1H3,(H,11,12). The summed E-state index contributed by atoms with van der Waals surface area (Å²) in [5.41, 5.74) is 0.210. The molecule has 1 atom stereocenters. The van der Waals surface area contributed by atoms with Gasteiger partial charge < -0.3 is 5.11 Å². The number of benzene rings is 1. The first-order valence-corrected chi connectivity index (χ1v) is 6.35. The smallest absolute Gasteiger partial charge is 0.339 e. The van der Waals surface area contributed by atoms with Gasteiger partial charge in [0, 0.05) is 5.02 Å². The average Bonchev–Trinajstić information content (AvgIpc) is 2.14. The molecule has 1 aromatic rings. The molecule has 0 radical (unpaired) electrons. The second kappa shape index (κ2) is 4.82. The van der Waals surface area contributed by atoms with Crippen molar-refractivity contribution in [2.24, 2.45) is 0 Å². The summed E-state index contributed by atoms with van der Waals surface area (Å²) in [6.45, 7) is 0. The molecule has 5 nitrogen and oxygen atoms in total. The summed E-state index contributed by atoms with van der Waals surface area (Å²) < 4.78 is 26.2. The van der Waals surface area contributed by atoms with Crippen LogP contribution in [0.4, 0.5) is 0 Å². The van der Waals surface area contributed by atoms with Gasteiger partial charge in [-0.2, -0.15) is 8.42 Å². The van der Waals surface area contributed by atoms with E-state index in [4.69, 9.17) is 16.7 Å². The van der Waals surface area contributed by atoms with Gasteiger partial charge in [-0.05, 0) is 17.7 Å². The van der Waals surface area contributed by atoms with E-state index in [0.29, 0.717) is 5.02 Å². The lowest BCUT2D eigenvalue weighted by Crippen LogP contribution is -2.18. The number of aliphatic carboxylic acids is 1. The molecule has 1 unspecified atom stereocenters. The van der Waals surface area contributed by atoms with E-state index in [2.05, 4.69) is 4.18 Å². The van der Waals surface area contributed by atoms with Crippen LogP contribution < -0.4 is 0 Å². The Morgan fingerprint density at radius 2 is 1.88 bits per heavy atom. The van der Waals surface area contributed by atoms with Gasteiger partial charge in [0.15, 0.2) is 6.10 Å². The number of hydrogen-bond donors (Lipinski definition) is 1. The summed E-state index contributed by atoms with van der Waals surface area (Å²) in [4.78, 5) is 10.8. The van der Waals surface area contributed by atoms with Crippen molar-refractivity contribution >= 4 is 27.7 Å². The fourth-order valence-corrected chi connectivity index (χ4v) is 1.72. The quantitative estimate of drug-likeness (QED) is 0.833. The van der Waals surface area contributed by atoms with Crippen LogP contribution in [0.5, 0.6) is 0 Å². The summed E-state index contributed by atoms with van der Waals surface area (Å²) in [5, 5.41) is 9.26. The molecule has 0 saturated carbocycles. The number of carboxylic acid groups (broad SMARTS) is 1. The lowest BCUT2D eigenvalue weighted by molar-refractivity contribution is -0.145. The van der Waals surface area contributed by atoms with Crippen LogP contribution in [0, 0.1) is 0 Å². The number of carbonyl (C=O) groups is 1. The molecular weight excluding hydrogens is 256 g/mol. The Bertz CT molecular complexity index is 479. The molecule has 0 aliphatic heterocycles. The van der Waals surface area contributed by atoms with Gasteiger partial charge in [0.2, 0.25) is 0 Å². The molecule has 0 amide bonds. The molecule has 1 N–H and O–H groups in total. The van der Waals surface area contributed by atoms with Crippen LogP contribution in [-0.2, 0) is 19.1 Å². The molecule has 1 rings (SSSR count). The zero-order valence-corrected chi connectivity index (χ0v) is 9.83. The SMILES string of the molecule is CS(=O)(=O)OC(C(=O)O)c1ccc(Cl)cc1. The normalized spacial score (nSPS) is 13.4. The number of halogens is 1. The highest BCUT2D eigenvalue weighted by molar-refractivity contribution is 7.86. The predicted octanol–water partition coefficient (Wildman–Crippen LogP) is 1.44. The van der Waals surface area contributed by atoms with E-state index in [0.717, 1.165) is 6.26 Å². The van der Waals surface area contributed by atoms with Gasteiger partial charge in [0.25, 0.3) is 10.1 Å². The minimum atomic E-state index is -3.84. The van der Waals surface area contributed by atoms with Gasteiger partial charge in [0.05, 0.1) is 6.26 Å². The molecule has 1 aromatic carbocycles. The Morgan fingerprint density at radius 3 is 2.25 bits per heavy atom. The number of hydrogen-bond acceptors (Lipinski definition) is 4. The van der Waals surface area contributed by atoms with Crippen molar-refractivity contribution in [3.05, 3.63) is 34.9 Å². The number of rotatable bonds is 4. The second-order valence-electron chi connectivity index (χ2n) is 3.07. The van der Waals surface area contributed by atoms with Crippen LogP contribution in [0.3, 0.4) is 0 Å². The minimum Gasteiger partial charge on any atom is -0.479 e. The number of carboxylic acids is 1. The van der Waals surface area contributed by atoms with Gasteiger partial charge in [-0.15, -0.1) is 0 Å². The zero-order chi connectivity index (χ0) is 12.3. The Kier molecular flexibility index (Phi) is 3.90. The van der Waals surface area contributed by atoms with Crippen LogP contribution >= 0.6 is 11.6 Å². The van der Waals surface area contributed by atoms with Crippen LogP contribution in [-0.4, -0.2) is 25.7 Å². The first-order chi connectivity index (χ1) is 7.29. The fraction of sp³-hybridized carbons (Fsp3) is 0.222. The molecule has 0 aliphatic carbocycles. The lowest BCUT2D eigenvalue weighted by atomic mass is 10.1. The Balaban J connectivity index is 3.03. The van der Waals surface area contributed by atoms with Crippen molar-refractivity contribution in [3.63, 3.8) is 0 Å². The zero-order valence-electron chi connectivity index (χ0n) is 8.25. The summed E-state index contributed by atoms with van der Waals surface area (Å²) in [5.74, 6) is -1.38. The Labute approximate surface area is 97.7 Å². The third kappa shape index (κ3) is 3.80. The van der Waals surface area contributed by atoms with Gasteiger partial charge in [0.1, 0.15) is 0 Å². The topological polar surface area (TPSA) is 80.7 Å². The molecule has 16 heavy (non-hydrogen) atoms. The fourth-order valence-electron chi connectivity index (χ4n) is 1.05. The molecule has 0 aliphatic rings. The van der Waals surface area contributed by atoms with Crippen LogP contribution in [0.25, 0.3) is 0 Å². The van der Waals surface area contributed by atoms with Crippen molar-refractivity contribution in [2.45, 2.75) is 6.10 Å². The van der Waals surface area contributed by atoms with E-state index >= 15 is 0 Å². The minimum absolute atomic E-state index is 0.210. The highest BCUT2D eigenvalue weighted by atomic mass is 35.5. The van der Waals surface area contributed by atoms with E-state index in [1.165, 1.54) is 24.3 Å². The van der Waals surface area contributed by atoms with E-state index in [-0.39, 0.29) is 5.56 Å². The second-order valence-corrected chi connectivity index (χ2v) is 5.11. The highest BCUT2D eigenvalue weighted by Crippen LogP contribution is 2.21. The predicted molar refractivity (Wildman–Crippen MR) is 57.8 cm³/mol. The molecular formula is C9H9ClO5S. The largest absolute Gasteiger partial charge is 0.479 e. The van der Waals surface area contributed by atoms with Crippen molar-refractivity contribution in [1.82, 2.24) is 0 Å². The molecule has 0 bridgehead atoms. The van der Waals surface area contributed by atoms with Crippen LogP contribution in [0.15, 0.2) is 24.3 Å². The third-order valence-corrected chi connectivity index (χ3v) is 2.46. The first kappa shape index (κ1) is 13.0. The van der Waals surface area contributed by atoms with Crippen molar-refractivity contribution in [3.8, 4) is 0 Å². The van der Waals surface area contributed by atoms with Gasteiger partial charge in [-0.1, -0.05) is 23.7 Å². The van der Waals surface area contributed by atoms with Gasteiger partial charge >= 0.3 is 5.97 Å². The Morgan fingerprint density at radius 1 is 1.38 bits per heavy atom.